The minimum Gasteiger partial charge on any atom is -0.378 e. The lowest BCUT2D eigenvalue weighted by Gasteiger charge is -2.39. The van der Waals surface area contributed by atoms with Gasteiger partial charge in [0, 0.05) is 45.5 Å². The average Bonchev–Trinajstić information content (AvgIpc) is 2.86. The van der Waals surface area contributed by atoms with E-state index in [1.807, 2.05) is 37.2 Å². The number of benzene rings is 2. The quantitative estimate of drug-likeness (QED) is 0.570. The summed E-state index contributed by atoms with van der Waals surface area (Å²) in [6, 6.07) is 9.13. The van der Waals surface area contributed by atoms with Crippen LogP contribution in [0.2, 0.25) is 0 Å². The van der Waals surface area contributed by atoms with Gasteiger partial charge in [-0.1, -0.05) is 27.7 Å². The molecule has 1 aliphatic heterocycles. The van der Waals surface area contributed by atoms with E-state index in [1.54, 1.807) is 56.6 Å². The minimum absolute atomic E-state index is 0.119. The van der Waals surface area contributed by atoms with Crippen LogP contribution >= 0.6 is 0 Å². The summed E-state index contributed by atoms with van der Waals surface area (Å²) < 4.78 is 0. The molecule has 0 aliphatic carbocycles. The number of nitrogens with zero attached hydrogens (tertiary/aromatic N) is 4. The molecule has 0 saturated carbocycles. The van der Waals surface area contributed by atoms with Crippen molar-refractivity contribution in [3.8, 4) is 0 Å². The number of carbonyl (C=O) groups excluding carboxylic acids is 4. The van der Waals surface area contributed by atoms with E-state index in [1.165, 1.54) is 4.90 Å². The van der Waals surface area contributed by atoms with E-state index in [0.717, 1.165) is 5.69 Å². The SMILES string of the molecule is CCC(=O)N(C(=O)CC)c1cc2c(cc1C)N(C(=O)CC)c1ccc(N(C)C)cc1N2C(=O)CC. The van der Waals surface area contributed by atoms with Crippen molar-refractivity contribution in [3.05, 3.63) is 35.9 Å². The highest BCUT2D eigenvalue weighted by atomic mass is 16.2. The van der Waals surface area contributed by atoms with Crippen LogP contribution in [0.3, 0.4) is 0 Å². The Labute approximate surface area is 207 Å². The van der Waals surface area contributed by atoms with Crippen molar-refractivity contribution in [2.24, 2.45) is 0 Å². The lowest BCUT2D eigenvalue weighted by Crippen LogP contribution is -2.39. The first kappa shape index (κ1) is 25.9. The van der Waals surface area contributed by atoms with Crippen LogP contribution in [0.25, 0.3) is 0 Å². The second-order valence-electron chi connectivity index (χ2n) is 8.69. The summed E-state index contributed by atoms with van der Waals surface area (Å²) in [7, 11) is 3.82. The van der Waals surface area contributed by atoms with E-state index in [-0.39, 0.29) is 49.3 Å². The maximum atomic E-state index is 13.3. The van der Waals surface area contributed by atoms with E-state index < -0.39 is 0 Å². The number of imide groups is 1. The van der Waals surface area contributed by atoms with Gasteiger partial charge in [0.2, 0.25) is 23.6 Å². The van der Waals surface area contributed by atoms with Gasteiger partial charge in [-0.05, 0) is 42.8 Å². The van der Waals surface area contributed by atoms with Crippen LogP contribution in [0, 0.1) is 6.92 Å². The first-order valence-electron chi connectivity index (χ1n) is 12.1. The Morgan fingerprint density at radius 1 is 0.686 bits per heavy atom. The second-order valence-corrected chi connectivity index (χ2v) is 8.69. The average molecular weight is 479 g/mol. The topological polar surface area (TPSA) is 81.2 Å². The van der Waals surface area contributed by atoms with Gasteiger partial charge < -0.3 is 4.90 Å². The summed E-state index contributed by atoms with van der Waals surface area (Å²) in [4.78, 5) is 58.5. The molecule has 1 heterocycles. The van der Waals surface area contributed by atoms with Gasteiger partial charge in [0.05, 0.1) is 28.4 Å². The zero-order valence-corrected chi connectivity index (χ0v) is 21.6. The van der Waals surface area contributed by atoms with Crippen LogP contribution in [-0.4, -0.2) is 37.7 Å². The van der Waals surface area contributed by atoms with Gasteiger partial charge in [-0.3, -0.25) is 33.9 Å². The molecule has 2 aromatic rings. The molecule has 0 N–H and O–H groups in total. The Kier molecular flexibility index (Phi) is 7.63. The Balaban J connectivity index is 2.39. The monoisotopic (exact) mass is 478 g/mol. The van der Waals surface area contributed by atoms with Crippen LogP contribution in [0.1, 0.15) is 58.9 Å². The number of anilines is 6. The maximum absolute atomic E-state index is 13.3. The van der Waals surface area contributed by atoms with Crippen LogP contribution in [0.4, 0.5) is 34.1 Å². The fourth-order valence-corrected chi connectivity index (χ4v) is 4.26. The summed E-state index contributed by atoms with van der Waals surface area (Å²) in [5.74, 6) is -0.911. The molecule has 2 aromatic carbocycles. The highest BCUT2D eigenvalue weighted by Gasteiger charge is 2.36. The fourth-order valence-electron chi connectivity index (χ4n) is 4.26. The molecule has 8 heteroatoms. The molecule has 0 bridgehead atoms. The Bertz CT molecular complexity index is 1170. The van der Waals surface area contributed by atoms with Crippen LogP contribution < -0.4 is 19.6 Å². The molecule has 0 atom stereocenters. The van der Waals surface area contributed by atoms with Gasteiger partial charge >= 0.3 is 0 Å². The largest absolute Gasteiger partial charge is 0.378 e. The van der Waals surface area contributed by atoms with Gasteiger partial charge in [0.25, 0.3) is 0 Å². The van der Waals surface area contributed by atoms with E-state index in [2.05, 4.69) is 0 Å². The second kappa shape index (κ2) is 10.3. The molecule has 0 aromatic heterocycles. The van der Waals surface area contributed by atoms with Crippen molar-refractivity contribution >= 4 is 57.8 Å². The molecular weight excluding hydrogens is 444 g/mol. The molecule has 0 fully saturated rings. The summed E-state index contributed by atoms with van der Waals surface area (Å²) >= 11 is 0. The third-order valence-electron chi connectivity index (χ3n) is 6.18. The Hall–Kier alpha value is -3.68. The van der Waals surface area contributed by atoms with Crippen molar-refractivity contribution in [2.75, 3.05) is 33.7 Å². The zero-order valence-electron chi connectivity index (χ0n) is 21.6. The molecule has 1 aliphatic rings. The first-order valence-corrected chi connectivity index (χ1v) is 12.1. The van der Waals surface area contributed by atoms with Crippen molar-refractivity contribution < 1.29 is 19.2 Å². The molecule has 3 rings (SSSR count). The van der Waals surface area contributed by atoms with Crippen molar-refractivity contribution in [3.63, 3.8) is 0 Å². The number of carbonyl (C=O) groups is 4. The summed E-state index contributed by atoms with van der Waals surface area (Å²) in [5, 5.41) is 0. The fraction of sp³-hybridized carbons (Fsp3) is 0.407. The number of rotatable bonds is 6. The third kappa shape index (κ3) is 4.52. The van der Waals surface area contributed by atoms with Crippen LogP contribution in [0.15, 0.2) is 30.3 Å². The van der Waals surface area contributed by atoms with Gasteiger partial charge in [-0.2, -0.15) is 0 Å². The van der Waals surface area contributed by atoms with E-state index >= 15 is 0 Å². The molecule has 186 valence electrons. The van der Waals surface area contributed by atoms with Crippen LogP contribution in [-0.2, 0) is 19.2 Å². The van der Waals surface area contributed by atoms with E-state index in [4.69, 9.17) is 0 Å². The summed E-state index contributed by atoms with van der Waals surface area (Å²) in [6.45, 7) is 8.80. The number of hydrogen-bond donors (Lipinski definition) is 0. The maximum Gasteiger partial charge on any atom is 0.233 e. The van der Waals surface area contributed by atoms with E-state index in [0.29, 0.717) is 34.0 Å². The number of hydrogen-bond acceptors (Lipinski definition) is 5. The smallest absolute Gasteiger partial charge is 0.233 e. The number of amides is 4. The lowest BCUT2D eigenvalue weighted by atomic mass is 10.0. The normalized spacial score (nSPS) is 12.1. The highest BCUT2D eigenvalue weighted by molar-refractivity contribution is 6.19. The zero-order chi connectivity index (χ0) is 26.0. The predicted molar refractivity (Wildman–Crippen MR) is 140 cm³/mol. The van der Waals surface area contributed by atoms with Crippen LogP contribution in [0.5, 0.6) is 0 Å². The Morgan fingerprint density at radius 2 is 1.17 bits per heavy atom. The molecule has 0 saturated heterocycles. The molecule has 0 unspecified atom stereocenters. The van der Waals surface area contributed by atoms with Gasteiger partial charge in [-0.25, -0.2) is 0 Å². The molecule has 35 heavy (non-hydrogen) atoms. The molecule has 8 nitrogen and oxygen atoms in total. The van der Waals surface area contributed by atoms with E-state index in [9.17, 15) is 19.2 Å². The van der Waals surface area contributed by atoms with Gasteiger partial charge in [0.1, 0.15) is 0 Å². The molecule has 0 spiro atoms. The predicted octanol–water partition coefficient (Wildman–Crippen LogP) is 5.20. The minimum atomic E-state index is -0.319. The molecular formula is C27H34N4O4. The highest BCUT2D eigenvalue weighted by Crippen LogP contribution is 2.51. The number of fused-ring (bicyclic) bond motifs is 2. The van der Waals surface area contributed by atoms with Crippen molar-refractivity contribution in [2.45, 2.75) is 60.3 Å². The Morgan fingerprint density at radius 3 is 1.66 bits per heavy atom. The van der Waals surface area contributed by atoms with Gasteiger partial charge in [0.15, 0.2) is 0 Å². The standard InChI is InChI=1S/C27H34N4O4/c1-8-24(32)29-19-13-12-18(28(6)7)15-22(19)30(25(33)9-2)23-16-20(17(5)14-21(23)29)31(26(34)10-3)27(35)11-4/h12-16H,8-11H2,1-7H3. The van der Waals surface area contributed by atoms with Gasteiger partial charge in [-0.15, -0.1) is 0 Å². The van der Waals surface area contributed by atoms with Crippen molar-refractivity contribution in [1.29, 1.82) is 0 Å². The third-order valence-corrected chi connectivity index (χ3v) is 6.18. The lowest BCUT2D eigenvalue weighted by molar-refractivity contribution is -0.126. The number of aryl methyl sites for hydroxylation is 1. The summed E-state index contributed by atoms with van der Waals surface area (Å²) in [5.41, 5.74) is 4.20. The molecule has 4 amide bonds. The summed E-state index contributed by atoms with van der Waals surface area (Å²) in [6.07, 6.45) is 0.831. The first-order chi connectivity index (χ1) is 16.6. The molecule has 0 radical (unpaired) electrons. The van der Waals surface area contributed by atoms with Crippen molar-refractivity contribution in [1.82, 2.24) is 0 Å².